The molecule has 2 atom stereocenters. The van der Waals surface area contributed by atoms with Gasteiger partial charge < -0.3 is 14.6 Å². The maximum absolute atomic E-state index is 13.0. The van der Waals surface area contributed by atoms with Crippen molar-refractivity contribution in [1.29, 1.82) is 0 Å². The van der Waals surface area contributed by atoms with Crippen LogP contribution in [0.1, 0.15) is 24.5 Å². The number of halogens is 1. The zero-order valence-corrected chi connectivity index (χ0v) is 8.78. The lowest BCUT2D eigenvalue weighted by molar-refractivity contribution is -0.0196. The Kier molecular flexibility index (Phi) is 2.16. The van der Waals surface area contributed by atoms with Crippen LogP contribution in [0.3, 0.4) is 0 Å². The van der Waals surface area contributed by atoms with Gasteiger partial charge in [-0.1, -0.05) is 0 Å². The van der Waals surface area contributed by atoms with Crippen LogP contribution >= 0.6 is 0 Å². The molecule has 2 aliphatic rings. The third-order valence-electron chi connectivity index (χ3n) is 3.29. The number of hydrogen-bond acceptors (Lipinski definition) is 3. The molecule has 0 amide bonds. The van der Waals surface area contributed by atoms with E-state index in [0.29, 0.717) is 30.9 Å². The van der Waals surface area contributed by atoms with Gasteiger partial charge in [0, 0.05) is 18.4 Å². The van der Waals surface area contributed by atoms with Crippen molar-refractivity contribution >= 4 is 0 Å². The van der Waals surface area contributed by atoms with Gasteiger partial charge in [0.25, 0.3) is 0 Å². The average Bonchev–Trinajstić information content (AvgIpc) is 2.68. The first-order valence-corrected chi connectivity index (χ1v) is 5.43. The zero-order valence-electron chi connectivity index (χ0n) is 8.78. The molecule has 1 aromatic carbocycles. The standard InChI is InChI=1S/C12H13FO3/c13-8-1-2-11-9(5-8)10(14)6-12(16-11)3-4-15-7-12/h1-2,5,10,14H,3-4,6-7H2/t10-,12?/m1/s1. The third kappa shape index (κ3) is 1.49. The van der Waals surface area contributed by atoms with E-state index in [1.54, 1.807) is 6.07 Å². The fourth-order valence-corrected chi connectivity index (χ4v) is 2.44. The van der Waals surface area contributed by atoms with E-state index in [4.69, 9.17) is 9.47 Å². The van der Waals surface area contributed by atoms with Crippen LogP contribution in [0, 0.1) is 5.82 Å². The molecule has 16 heavy (non-hydrogen) atoms. The van der Waals surface area contributed by atoms with Crippen molar-refractivity contribution in [3.8, 4) is 5.75 Å². The van der Waals surface area contributed by atoms with Crippen LogP contribution in [-0.4, -0.2) is 23.9 Å². The highest BCUT2D eigenvalue weighted by Crippen LogP contribution is 2.43. The Labute approximate surface area is 92.8 Å². The normalized spacial score (nSPS) is 32.5. The van der Waals surface area contributed by atoms with Gasteiger partial charge in [-0.3, -0.25) is 0 Å². The smallest absolute Gasteiger partial charge is 0.137 e. The van der Waals surface area contributed by atoms with Crippen LogP contribution in [0.4, 0.5) is 4.39 Å². The molecule has 1 N–H and O–H groups in total. The zero-order chi connectivity index (χ0) is 11.2. The van der Waals surface area contributed by atoms with Gasteiger partial charge in [0.1, 0.15) is 17.2 Å². The summed E-state index contributed by atoms with van der Waals surface area (Å²) in [4.78, 5) is 0. The van der Waals surface area contributed by atoms with Crippen molar-refractivity contribution in [3.63, 3.8) is 0 Å². The Bertz CT molecular complexity index is 413. The Morgan fingerprint density at radius 1 is 1.44 bits per heavy atom. The van der Waals surface area contributed by atoms with E-state index in [-0.39, 0.29) is 5.82 Å². The molecule has 1 unspecified atom stereocenters. The molecule has 1 aromatic rings. The number of benzene rings is 1. The maximum atomic E-state index is 13.0. The summed E-state index contributed by atoms with van der Waals surface area (Å²) in [6.07, 6.45) is 0.589. The number of aliphatic hydroxyl groups excluding tert-OH is 1. The second-order valence-corrected chi connectivity index (χ2v) is 4.49. The van der Waals surface area contributed by atoms with E-state index in [9.17, 15) is 9.50 Å². The maximum Gasteiger partial charge on any atom is 0.137 e. The van der Waals surface area contributed by atoms with Gasteiger partial charge in [-0.2, -0.15) is 0 Å². The molecule has 2 aliphatic heterocycles. The van der Waals surface area contributed by atoms with Gasteiger partial charge in [-0.25, -0.2) is 4.39 Å². The lowest BCUT2D eigenvalue weighted by atomic mass is 9.88. The second-order valence-electron chi connectivity index (χ2n) is 4.49. The Balaban J connectivity index is 1.99. The summed E-state index contributed by atoms with van der Waals surface area (Å²) in [6, 6.07) is 4.26. The summed E-state index contributed by atoms with van der Waals surface area (Å²) in [5.74, 6) is 0.227. The highest BCUT2D eigenvalue weighted by Gasteiger charge is 2.43. The summed E-state index contributed by atoms with van der Waals surface area (Å²) in [5, 5.41) is 10.0. The molecule has 4 heteroatoms. The molecule has 3 rings (SSSR count). The second kappa shape index (κ2) is 3.43. The minimum atomic E-state index is -0.666. The van der Waals surface area contributed by atoms with Crippen molar-refractivity contribution in [2.45, 2.75) is 24.5 Å². The van der Waals surface area contributed by atoms with Crippen LogP contribution in [0.15, 0.2) is 18.2 Å². The molecule has 2 heterocycles. The molecule has 0 aliphatic carbocycles. The Hall–Kier alpha value is -1.13. The van der Waals surface area contributed by atoms with E-state index in [2.05, 4.69) is 0 Å². The minimum absolute atomic E-state index is 0.347. The van der Waals surface area contributed by atoms with Crippen molar-refractivity contribution < 1.29 is 19.0 Å². The van der Waals surface area contributed by atoms with Gasteiger partial charge in [0.2, 0.25) is 0 Å². The first-order chi connectivity index (χ1) is 7.69. The Morgan fingerprint density at radius 3 is 3.06 bits per heavy atom. The van der Waals surface area contributed by atoms with Gasteiger partial charge in [-0.15, -0.1) is 0 Å². The predicted molar refractivity (Wildman–Crippen MR) is 54.8 cm³/mol. The van der Waals surface area contributed by atoms with Crippen molar-refractivity contribution in [2.24, 2.45) is 0 Å². The molecule has 86 valence electrons. The van der Waals surface area contributed by atoms with Crippen LogP contribution < -0.4 is 4.74 Å². The summed E-state index contributed by atoms with van der Waals surface area (Å²) >= 11 is 0. The average molecular weight is 224 g/mol. The van der Waals surface area contributed by atoms with Gasteiger partial charge in [0.05, 0.1) is 19.3 Å². The summed E-state index contributed by atoms with van der Waals surface area (Å²) in [6.45, 7) is 1.16. The van der Waals surface area contributed by atoms with Gasteiger partial charge >= 0.3 is 0 Å². The van der Waals surface area contributed by atoms with E-state index < -0.39 is 11.7 Å². The number of ether oxygens (including phenoxy) is 2. The molecular formula is C12H13FO3. The highest BCUT2D eigenvalue weighted by molar-refractivity contribution is 5.38. The van der Waals surface area contributed by atoms with E-state index >= 15 is 0 Å². The molecule has 0 bridgehead atoms. The van der Waals surface area contributed by atoms with Gasteiger partial charge in [-0.05, 0) is 18.2 Å². The number of rotatable bonds is 0. The molecule has 0 saturated carbocycles. The quantitative estimate of drug-likeness (QED) is 0.730. The fraction of sp³-hybridized carbons (Fsp3) is 0.500. The van der Waals surface area contributed by atoms with E-state index in [1.165, 1.54) is 12.1 Å². The molecular weight excluding hydrogens is 211 g/mol. The van der Waals surface area contributed by atoms with Crippen molar-refractivity contribution in [3.05, 3.63) is 29.6 Å². The Morgan fingerprint density at radius 2 is 2.31 bits per heavy atom. The molecule has 0 radical (unpaired) electrons. The lowest BCUT2D eigenvalue weighted by Crippen LogP contribution is -2.41. The fourth-order valence-electron chi connectivity index (χ4n) is 2.44. The topological polar surface area (TPSA) is 38.7 Å². The van der Waals surface area contributed by atoms with Crippen LogP contribution in [0.25, 0.3) is 0 Å². The molecule has 1 saturated heterocycles. The molecule has 3 nitrogen and oxygen atoms in total. The predicted octanol–water partition coefficient (Wildman–Crippen LogP) is 1.80. The van der Waals surface area contributed by atoms with Crippen LogP contribution in [0.2, 0.25) is 0 Å². The largest absolute Gasteiger partial charge is 0.484 e. The molecule has 1 fully saturated rings. The third-order valence-corrected chi connectivity index (χ3v) is 3.29. The van der Waals surface area contributed by atoms with Gasteiger partial charge in [0.15, 0.2) is 0 Å². The summed E-state index contributed by atoms with van der Waals surface area (Å²) in [5.41, 5.74) is 0.127. The molecule has 0 aromatic heterocycles. The number of fused-ring (bicyclic) bond motifs is 1. The van der Waals surface area contributed by atoms with Crippen LogP contribution in [0.5, 0.6) is 5.75 Å². The summed E-state index contributed by atoms with van der Waals surface area (Å²) < 4.78 is 24.2. The first-order valence-electron chi connectivity index (χ1n) is 5.43. The van der Waals surface area contributed by atoms with Crippen molar-refractivity contribution in [2.75, 3.05) is 13.2 Å². The molecule has 1 spiro atoms. The monoisotopic (exact) mass is 224 g/mol. The number of hydrogen-bond donors (Lipinski definition) is 1. The summed E-state index contributed by atoms with van der Waals surface area (Å²) in [7, 11) is 0. The van der Waals surface area contributed by atoms with E-state index in [0.717, 1.165) is 6.42 Å². The minimum Gasteiger partial charge on any atom is -0.484 e. The number of aliphatic hydroxyl groups is 1. The van der Waals surface area contributed by atoms with Crippen molar-refractivity contribution in [1.82, 2.24) is 0 Å². The SMILES string of the molecule is O[C@@H]1CC2(CCOC2)Oc2ccc(F)cc21. The van der Waals surface area contributed by atoms with E-state index in [1.807, 2.05) is 0 Å². The highest BCUT2D eigenvalue weighted by atomic mass is 19.1. The lowest BCUT2D eigenvalue weighted by Gasteiger charge is -2.36. The van der Waals surface area contributed by atoms with Crippen LogP contribution in [-0.2, 0) is 4.74 Å². The first kappa shape index (κ1) is 10.1.